The first-order valence-corrected chi connectivity index (χ1v) is 10.5. The van der Waals surface area contributed by atoms with E-state index < -0.39 is 5.97 Å². The minimum Gasteiger partial charge on any atom is -0.493 e. The second-order valence-corrected chi connectivity index (χ2v) is 8.25. The predicted molar refractivity (Wildman–Crippen MR) is 113 cm³/mol. The van der Waals surface area contributed by atoms with Crippen molar-refractivity contribution in [3.05, 3.63) is 53.0 Å². The van der Waals surface area contributed by atoms with E-state index in [4.69, 9.17) is 14.5 Å². The SMILES string of the molecule is COc1ccc(C(c2nc3ccccc3s2)N2CCC(C(=O)O)CC2)cc1OC. The van der Waals surface area contributed by atoms with Crippen LogP contribution in [0.2, 0.25) is 0 Å². The molecule has 1 unspecified atom stereocenters. The molecule has 1 saturated heterocycles. The number of thiazole rings is 1. The monoisotopic (exact) mass is 412 g/mol. The molecule has 1 aliphatic rings. The Morgan fingerprint density at radius 3 is 2.52 bits per heavy atom. The fourth-order valence-corrected chi connectivity index (χ4v) is 5.08. The van der Waals surface area contributed by atoms with E-state index >= 15 is 0 Å². The number of piperidine rings is 1. The third-order valence-electron chi connectivity index (χ3n) is 5.51. The van der Waals surface area contributed by atoms with Crippen molar-refractivity contribution in [1.82, 2.24) is 9.88 Å². The first-order valence-electron chi connectivity index (χ1n) is 9.65. The summed E-state index contributed by atoms with van der Waals surface area (Å²) in [6.07, 6.45) is 1.29. The van der Waals surface area contributed by atoms with Crippen molar-refractivity contribution in [2.24, 2.45) is 5.92 Å². The number of hydrogen-bond donors (Lipinski definition) is 1. The molecule has 0 amide bonds. The Balaban J connectivity index is 1.74. The lowest BCUT2D eigenvalue weighted by molar-refractivity contribution is -0.143. The third-order valence-corrected chi connectivity index (χ3v) is 6.60. The van der Waals surface area contributed by atoms with Crippen LogP contribution in [0.15, 0.2) is 42.5 Å². The highest BCUT2D eigenvalue weighted by molar-refractivity contribution is 7.18. The lowest BCUT2D eigenvalue weighted by atomic mass is 9.94. The summed E-state index contributed by atoms with van der Waals surface area (Å²) in [6, 6.07) is 14.0. The number of ether oxygens (including phenoxy) is 2. The number of para-hydroxylation sites is 1. The van der Waals surface area contributed by atoms with Gasteiger partial charge in [-0.05, 0) is 55.8 Å². The summed E-state index contributed by atoms with van der Waals surface area (Å²) < 4.78 is 12.1. The van der Waals surface area contributed by atoms with Crippen LogP contribution in [0, 0.1) is 5.92 Å². The Kier molecular flexibility index (Phi) is 5.69. The summed E-state index contributed by atoms with van der Waals surface area (Å²) in [5.41, 5.74) is 2.05. The molecule has 0 radical (unpaired) electrons. The zero-order valence-electron chi connectivity index (χ0n) is 16.5. The quantitative estimate of drug-likeness (QED) is 0.654. The first-order chi connectivity index (χ1) is 14.1. The summed E-state index contributed by atoms with van der Waals surface area (Å²) in [6.45, 7) is 1.43. The Morgan fingerprint density at radius 1 is 1.14 bits per heavy atom. The van der Waals surface area contributed by atoms with Gasteiger partial charge in [0.2, 0.25) is 0 Å². The van der Waals surface area contributed by atoms with Gasteiger partial charge in [0.25, 0.3) is 0 Å². The summed E-state index contributed by atoms with van der Waals surface area (Å²) >= 11 is 1.68. The lowest BCUT2D eigenvalue weighted by Crippen LogP contribution is -2.39. The second-order valence-electron chi connectivity index (χ2n) is 7.19. The van der Waals surface area contributed by atoms with E-state index in [1.807, 2.05) is 36.4 Å². The third kappa shape index (κ3) is 3.93. The number of carboxylic acid groups (broad SMARTS) is 1. The van der Waals surface area contributed by atoms with E-state index in [9.17, 15) is 9.90 Å². The van der Waals surface area contributed by atoms with E-state index in [1.54, 1.807) is 25.6 Å². The number of carboxylic acids is 1. The molecule has 0 spiro atoms. The maximum atomic E-state index is 11.4. The molecule has 29 heavy (non-hydrogen) atoms. The summed E-state index contributed by atoms with van der Waals surface area (Å²) in [5.74, 6) is 0.389. The molecule has 4 rings (SSSR count). The van der Waals surface area contributed by atoms with Gasteiger partial charge in [0, 0.05) is 0 Å². The van der Waals surface area contributed by atoms with E-state index in [0.717, 1.165) is 20.8 Å². The molecule has 3 aromatic rings. The van der Waals surface area contributed by atoms with Gasteiger partial charge in [-0.25, -0.2) is 4.98 Å². The molecule has 7 heteroatoms. The van der Waals surface area contributed by atoms with Gasteiger partial charge in [-0.1, -0.05) is 18.2 Å². The maximum absolute atomic E-state index is 11.4. The number of benzene rings is 2. The Morgan fingerprint density at radius 2 is 1.86 bits per heavy atom. The minimum absolute atomic E-state index is 0.0537. The molecule has 152 valence electrons. The molecular formula is C22H24N2O4S. The normalized spacial score (nSPS) is 16.6. The lowest BCUT2D eigenvalue weighted by Gasteiger charge is -2.36. The summed E-state index contributed by atoms with van der Waals surface area (Å²) in [4.78, 5) is 18.6. The average Bonchev–Trinajstić information content (AvgIpc) is 3.17. The van der Waals surface area contributed by atoms with Crippen molar-refractivity contribution >= 4 is 27.5 Å². The molecule has 6 nitrogen and oxygen atoms in total. The molecule has 1 aromatic heterocycles. The number of aromatic nitrogens is 1. The van der Waals surface area contributed by atoms with Crippen LogP contribution in [0.5, 0.6) is 11.5 Å². The van der Waals surface area contributed by atoms with Crippen molar-refractivity contribution in [2.75, 3.05) is 27.3 Å². The number of likely N-dealkylation sites (tertiary alicyclic amines) is 1. The van der Waals surface area contributed by atoms with Crippen molar-refractivity contribution < 1.29 is 19.4 Å². The van der Waals surface area contributed by atoms with Crippen LogP contribution in [0.4, 0.5) is 0 Å². The molecule has 1 atom stereocenters. The van der Waals surface area contributed by atoms with Crippen molar-refractivity contribution in [2.45, 2.75) is 18.9 Å². The van der Waals surface area contributed by atoms with Crippen molar-refractivity contribution in [1.29, 1.82) is 0 Å². The van der Waals surface area contributed by atoms with Gasteiger partial charge in [-0.3, -0.25) is 9.69 Å². The molecule has 1 aliphatic heterocycles. The number of nitrogens with zero attached hydrogens (tertiary/aromatic N) is 2. The second kappa shape index (κ2) is 8.39. The number of fused-ring (bicyclic) bond motifs is 1. The Bertz CT molecular complexity index is 978. The van der Waals surface area contributed by atoms with Crippen LogP contribution in [0.3, 0.4) is 0 Å². The Hall–Kier alpha value is -2.64. The fraction of sp³-hybridized carbons (Fsp3) is 0.364. The first kappa shape index (κ1) is 19.7. The van der Waals surface area contributed by atoms with Gasteiger partial charge in [0.05, 0.1) is 36.4 Å². The summed E-state index contributed by atoms with van der Waals surface area (Å²) in [5, 5.41) is 10.4. The predicted octanol–water partition coefficient (Wildman–Crippen LogP) is 4.20. The molecule has 2 heterocycles. The highest BCUT2D eigenvalue weighted by Gasteiger charge is 2.32. The van der Waals surface area contributed by atoms with Crippen LogP contribution in [-0.4, -0.2) is 48.3 Å². The van der Waals surface area contributed by atoms with Gasteiger partial charge in [-0.2, -0.15) is 0 Å². The van der Waals surface area contributed by atoms with E-state index in [2.05, 4.69) is 11.0 Å². The van der Waals surface area contributed by atoms with Crippen LogP contribution >= 0.6 is 11.3 Å². The van der Waals surface area contributed by atoms with E-state index in [0.29, 0.717) is 37.4 Å². The zero-order chi connectivity index (χ0) is 20.4. The summed E-state index contributed by atoms with van der Waals surface area (Å²) in [7, 11) is 3.26. The topological polar surface area (TPSA) is 71.9 Å². The largest absolute Gasteiger partial charge is 0.493 e. The van der Waals surface area contributed by atoms with E-state index in [1.165, 1.54) is 0 Å². The molecule has 0 aliphatic carbocycles. The molecular weight excluding hydrogens is 388 g/mol. The van der Waals surface area contributed by atoms with Crippen molar-refractivity contribution in [3.8, 4) is 11.5 Å². The molecule has 0 bridgehead atoms. The van der Waals surface area contributed by atoms with Crippen LogP contribution in [0.25, 0.3) is 10.2 Å². The van der Waals surface area contributed by atoms with Gasteiger partial charge in [0.1, 0.15) is 5.01 Å². The van der Waals surface area contributed by atoms with Crippen LogP contribution < -0.4 is 9.47 Å². The minimum atomic E-state index is -0.702. The smallest absolute Gasteiger partial charge is 0.306 e. The van der Waals surface area contributed by atoms with Gasteiger partial charge < -0.3 is 14.6 Å². The average molecular weight is 413 g/mol. The number of carbonyl (C=O) groups is 1. The van der Waals surface area contributed by atoms with Gasteiger partial charge in [-0.15, -0.1) is 11.3 Å². The maximum Gasteiger partial charge on any atom is 0.306 e. The van der Waals surface area contributed by atoms with Crippen LogP contribution in [-0.2, 0) is 4.79 Å². The number of methoxy groups -OCH3 is 2. The molecule has 2 aromatic carbocycles. The van der Waals surface area contributed by atoms with Crippen LogP contribution in [0.1, 0.15) is 29.5 Å². The number of rotatable bonds is 6. The highest BCUT2D eigenvalue weighted by Crippen LogP contribution is 2.39. The zero-order valence-corrected chi connectivity index (χ0v) is 17.3. The highest BCUT2D eigenvalue weighted by atomic mass is 32.1. The molecule has 1 fully saturated rings. The van der Waals surface area contributed by atoms with Crippen molar-refractivity contribution in [3.63, 3.8) is 0 Å². The molecule has 1 N–H and O–H groups in total. The van der Waals surface area contributed by atoms with Gasteiger partial charge in [0.15, 0.2) is 11.5 Å². The standard InChI is InChI=1S/C22H24N2O4S/c1-27-17-8-7-15(13-18(17)28-2)20(24-11-9-14(10-12-24)22(25)26)21-23-16-5-3-4-6-19(16)29-21/h3-8,13-14,20H,9-12H2,1-2H3,(H,25,26). The number of aliphatic carboxylic acids is 1. The number of hydrogen-bond acceptors (Lipinski definition) is 6. The molecule has 0 saturated carbocycles. The van der Waals surface area contributed by atoms with E-state index in [-0.39, 0.29) is 12.0 Å². The van der Waals surface area contributed by atoms with Gasteiger partial charge >= 0.3 is 5.97 Å². The Labute approximate surface area is 173 Å². The fourth-order valence-electron chi connectivity index (χ4n) is 3.94.